The zero-order chi connectivity index (χ0) is 20.0. The molecule has 0 aliphatic rings. The van der Waals surface area contributed by atoms with E-state index in [9.17, 15) is 18.0 Å². The van der Waals surface area contributed by atoms with Crippen molar-refractivity contribution in [1.82, 2.24) is 15.6 Å². The number of benzene rings is 1. The smallest absolute Gasteiger partial charge is 0.273 e. The van der Waals surface area contributed by atoms with E-state index in [2.05, 4.69) is 15.6 Å². The monoisotopic (exact) mass is 390 g/mol. The molecule has 27 heavy (non-hydrogen) atoms. The molecule has 142 valence electrons. The molecule has 0 spiro atoms. The van der Waals surface area contributed by atoms with E-state index in [4.69, 9.17) is 9.68 Å². The number of carbonyl (C=O) groups is 2. The lowest BCUT2D eigenvalue weighted by atomic mass is 10.2. The lowest BCUT2D eigenvalue weighted by molar-refractivity contribution is 0.0845. The van der Waals surface area contributed by atoms with Gasteiger partial charge in [0.05, 0.1) is 16.5 Å². The van der Waals surface area contributed by atoms with Crippen molar-refractivity contribution in [2.45, 2.75) is 25.2 Å². The summed E-state index contributed by atoms with van der Waals surface area (Å²) in [6.45, 7) is 3.33. The predicted octanol–water partition coefficient (Wildman–Crippen LogP) is 1.16. The molecule has 0 saturated carbocycles. The van der Waals surface area contributed by atoms with Crippen molar-refractivity contribution in [3.8, 4) is 6.07 Å². The number of nitrogens with one attached hydrogen (secondary N) is 3. The van der Waals surface area contributed by atoms with E-state index in [1.165, 1.54) is 24.3 Å². The molecule has 2 aromatic rings. The van der Waals surface area contributed by atoms with Crippen LogP contribution in [-0.4, -0.2) is 26.8 Å². The molecule has 1 aromatic heterocycles. The van der Waals surface area contributed by atoms with Crippen LogP contribution in [0.3, 0.4) is 0 Å². The molecule has 0 fully saturated rings. The highest BCUT2D eigenvalue weighted by molar-refractivity contribution is 7.89. The average Bonchev–Trinajstić information content (AvgIpc) is 2.98. The molecule has 0 aliphatic heterocycles. The lowest BCUT2D eigenvalue weighted by Gasteiger charge is -2.08. The number of aryl methyl sites for hydroxylation is 2. The highest BCUT2D eigenvalue weighted by Crippen LogP contribution is 2.13. The molecule has 3 N–H and O–H groups in total. The Morgan fingerprint density at radius 2 is 1.74 bits per heavy atom. The second-order valence-electron chi connectivity index (χ2n) is 5.57. The van der Waals surface area contributed by atoms with Crippen LogP contribution in [0.25, 0.3) is 0 Å². The summed E-state index contributed by atoms with van der Waals surface area (Å²) in [6.07, 6.45) is 0.0507. The van der Waals surface area contributed by atoms with Gasteiger partial charge in [0.1, 0.15) is 11.5 Å². The third-order valence-corrected chi connectivity index (χ3v) is 5.01. The molecular formula is C17H18N4O5S. The molecule has 0 bridgehead atoms. The summed E-state index contributed by atoms with van der Waals surface area (Å²) < 4.78 is 31.5. The van der Waals surface area contributed by atoms with E-state index in [1.54, 1.807) is 19.9 Å². The van der Waals surface area contributed by atoms with Crippen molar-refractivity contribution in [1.29, 1.82) is 5.26 Å². The highest BCUT2D eigenvalue weighted by Gasteiger charge is 2.16. The number of furan rings is 1. The Balaban J connectivity index is 1.98. The zero-order valence-corrected chi connectivity index (χ0v) is 15.5. The number of hydrazine groups is 1. The summed E-state index contributed by atoms with van der Waals surface area (Å²) in [7, 11) is -3.75. The minimum Gasteiger partial charge on any atom is -0.466 e. The first-order chi connectivity index (χ1) is 12.7. The lowest BCUT2D eigenvalue weighted by Crippen LogP contribution is -2.41. The quantitative estimate of drug-likeness (QED) is 0.499. The molecule has 0 aliphatic carbocycles. The second kappa shape index (κ2) is 8.48. The highest BCUT2D eigenvalue weighted by atomic mass is 32.2. The van der Waals surface area contributed by atoms with Gasteiger partial charge in [-0.3, -0.25) is 20.4 Å². The van der Waals surface area contributed by atoms with Gasteiger partial charge in [-0.05, 0) is 44.2 Å². The average molecular weight is 390 g/mol. The van der Waals surface area contributed by atoms with Gasteiger partial charge >= 0.3 is 0 Å². The Hall–Kier alpha value is -3.16. The van der Waals surface area contributed by atoms with Crippen LogP contribution in [0.4, 0.5) is 0 Å². The fourth-order valence-corrected chi connectivity index (χ4v) is 3.25. The molecule has 9 nitrogen and oxygen atoms in total. The van der Waals surface area contributed by atoms with E-state index in [0.717, 1.165) is 0 Å². The molecule has 1 aromatic carbocycles. The van der Waals surface area contributed by atoms with Gasteiger partial charge in [0.15, 0.2) is 0 Å². The van der Waals surface area contributed by atoms with Crippen LogP contribution in [-0.2, 0) is 10.0 Å². The van der Waals surface area contributed by atoms with E-state index < -0.39 is 21.8 Å². The first-order valence-corrected chi connectivity index (χ1v) is 9.37. The Morgan fingerprint density at radius 1 is 1.11 bits per heavy atom. The number of sulfonamides is 1. The molecule has 2 rings (SSSR count). The van der Waals surface area contributed by atoms with E-state index in [0.29, 0.717) is 17.1 Å². The van der Waals surface area contributed by atoms with Gasteiger partial charge in [0.2, 0.25) is 10.0 Å². The molecule has 0 unspecified atom stereocenters. The van der Waals surface area contributed by atoms with Crippen molar-refractivity contribution < 1.29 is 22.4 Å². The van der Waals surface area contributed by atoms with Crippen LogP contribution in [0.1, 0.15) is 38.7 Å². The third kappa shape index (κ3) is 5.16. The van der Waals surface area contributed by atoms with Crippen LogP contribution in [0.5, 0.6) is 0 Å². The minimum absolute atomic E-state index is 0.00000512. The SMILES string of the molecule is Cc1cc(C(=O)NNC(=O)c2ccc(S(=O)(=O)NCCC#N)cc2)c(C)o1. The summed E-state index contributed by atoms with van der Waals surface area (Å²) in [6, 6.07) is 8.53. The maximum atomic E-state index is 12.1. The summed E-state index contributed by atoms with van der Waals surface area (Å²) in [4.78, 5) is 24.1. The minimum atomic E-state index is -3.75. The third-order valence-electron chi connectivity index (χ3n) is 3.53. The standard InChI is InChI=1S/C17H18N4O5S/c1-11-10-15(12(2)26-11)17(23)21-20-16(22)13-4-6-14(7-5-13)27(24,25)19-9-3-8-18/h4-7,10,19H,3,9H2,1-2H3,(H,20,22)(H,21,23). The van der Waals surface area contributed by atoms with Gasteiger partial charge < -0.3 is 4.42 Å². The van der Waals surface area contributed by atoms with E-state index in [1.807, 2.05) is 6.07 Å². The van der Waals surface area contributed by atoms with Crippen LogP contribution in [0.15, 0.2) is 39.6 Å². The van der Waals surface area contributed by atoms with Crippen molar-refractivity contribution in [3.05, 3.63) is 53.0 Å². The Morgan fingerprint density at radius 3 is 2.30 bits per heavy atom. The predicted molar refractivity (Wildman–Crippen MR) is 95.0 cm³/mol. The molecule has 0 saturated heterocycles. The summed E-state index contributed by atoms with van der Waals surface area (Å²) in [5.74, 6) is -0.136. The topological polar surface area (TPSA) is 141 Å². The Kier molecular flexibility index (Phi) is 6.33. The van der Waals surface area contributed by atoms with Gasteiger partial charge in [-0.15, -0.1) is 0 Å². The Labute approximate surface area is 156 Å². The first-order valence-electron chi connectivity index (χ1n) is 7.89. The van der Waals surface area contributed by atoms with Crippen LogP contribution >= 0.6 is 0 Å². The van der Waals surface area contributed by atoms with Crippen molar-refractivity contribution in [2.24, 2.45) is 0 Å². The van der Waals surface area contributed by atoms with Gasteiger partial charge in [-0.1, -0.05) is 0 Å². The van der Waals surface area contributed by atoms with Crippen molar-refractivity contribution in [3.63, 3.8) is 0 Å². The maximum absolute atomic E-state index is 12.1. The zero-order valence-electron chi connectivity index (χ0n) is 14.7. The van der Waals surface area contributed by atoms with E-state index >= 15 is 0 Å². The molecular weight excluding hydrogens is 372 g/mol. The fourth-order valence-electron chi connectivity index (χ4n) is 2.22. The number of nitrogens with zero attached hydrogens (tertiary/aromatic N) is 1. The summed E-state index contributed by atoms with van der Waals surface area (Å²) in [5, 5.41) is 8.45. The van der Waals surface area contributed by atoms with Gasteiger partial charge in [-0.25, -0.2) is 13.1 Å². The maximum Gasteiger partial charge on any atom is 0.273 e. The largest absolute Gasteiger partial charge is 0.466 e. The molecule has 1 heterocycles. The first kappa shape index (κ1) is 20.2. The Bertz CT molecular complexity index is 987. The van der Waals surface area contributed by atoms with E-state index in [-0.39, 0.29) is 23.4 Å². The normalized spacial score (nSPS) is 10.9. The van der Waals surface area contributed by atoms with Gasteiger partial charge in [-0.2, -0.15) is 5.26 Å². The number of hydrogen-bond donors (Lipinski definition) is 3. The van der Waals surface area contributed by atoms with Crippen LogP contribution in [0.2, 0.25) is 0 Å². The fraction of sp³-hybridized carbons (Fsp3) is 0.235. The van der Waals surface area contributed by atoms with Crippen LogP contribution in [0, 0.1) is 25.2 Å². The second-order valence-corrected chi connectivity index (χ2v) is 7.33. The van der Waals surface area contributed by atoms with Crippen LogP contribution < -0.4 is 15.6 Å². The molecule has 0 atom stereocenters. The van der Waals surface area contributed by atoms with Gasteiger partial charge in [0.25, 0.3) is 11.8 Å². The number of rotatable bonds is 6. The number of nitriles is 1. The van der Waals surface area contributed by atoms with Crippen molar-refractivity contribution >= 4 is 21.8 Å². The van der Waals surface area contributed by atoms with Crippen molar-refractivity contribution in [2.75, 3.05) is 6.54 Å². The summed E-state index contributed by atoms with van der Waals surface area (Å²) in [5.41, 5.74) is 4.99. The number of amides is 2. The summed E-state index contributed by atoms with van der Waals surface area (Å²) >= 11 is 0. The number of hydrogen-bond acceptors (Lipinski definition) is 6. The van der Waals surface area contributed by atoms with Gasteiger partial charge in [0, 0.05) is 18.5 Å². The number of carbonyl (C=O) groups excluding carboxylic acids is 2. The molecule has 0 radical (unpaired) electrons. The molecule has 10 heteroatoms. The molecule has 2 amide bonds.